The molecule has 1 heterocycles. The van der Waals surface area contributed by atoms with E-state index >= 15 is 0 Å². The minimum Gasteiger partial charge on any atom is -0.486 e. The summed E-state index contributed by atoms with van der Waals surface area (Å²) in [6.07, 6.45) is -0.181. The quantitative estimate of drug-likeness (QED) is 0.641. The molecule has 2 N–H and O–H groups in total. The predicted molar refractivity (Wildman–Crippen MR) is 118 cm³/mol. The van der Waals surface area contributed by atoms with Gasteiger partial charge in [0.15, 0.2) is 11.5 Å². The fourth-order valence-corrected chi connectivity index (χ4v) is 3.50. The van der Waals surface area contributed by atoms with Gasteiger partial charge in [0.25, 0.3) is 0 Å². The van der Waals surface area contributed by atoms with Crippen LogP contribution in [0.2, 0.25) is 0 Å². The summed E-state index contributed by atoms with van der Waals surface area (Å²) in [4.78, 5) is 13.2. The van der Waals surface area contributed by atoms with Crippen LogP contribution in [0.5, 0.6) is 11.5 Å². The van der Waals surface area contributed by atoms with E-state index in [1.165, 1.54) is 0 Å². The summed E-state index contributed by atoms with van der Waals surface area (Å²) in [6.45, 7) is 4.92. The minimum absolute atomic E-state index is 0.105. The largest absolute Gasteiger partial charge is 0.486 e. The van der Waals surface area contributed by atoms with Crippen molar-refractivity contribution in [1.82, 2.24) is 5.32 Å². The number of carbonyl (C=O) groups is 1. The third-order valence-electron chi connectivity index (χ3n) is 5.16. The van der Waals surface area contributed by atoms with E-state index in [2.05, 4.69) is 10.6 Å². The van der Waals surface area contributed by atoms with E-state index in [0.717, 1.165) is 33.9 Å². The van der Waals surface area contributed by atoms with E-state index in [1.54, 1.807) is 0 Å². The molecule has 154 valence electrons. The third-order valence-corrected chi connectivity index (χ3v) is 5.16. The number of hydrogen-bond acceptors (Lipinski definition) is 4. The molecule has 0 radical (unpaired) electrons. The lowest BCUT2D eigenvalue weighted by atomic mass is 10.0. The van der Waals surface area contributed by atoms with Crippen LogP contribution in [0.4, 0.5) is 5.69 Å². The summed E-state index contributed by atoms with van der Waals surface area (Å²) < 4.78 is 11.8. The van der Waals surface area contributed by atoms with E-state index in [0.29, 0.717) is 13.2 Å². The maximum Gasteiger partial charge on any atom is 0.246 e. The first-order valence-corrected chi connectivity index (χ1v) is 10.1. The molecule has 4 rings (SSSR count). The molecule has 0 bridgehead atoms. The first-order chi connectivity index (χ1) is 14.6. The molecule has 5 nitrogen and oxygen atoms in total. The Hall–Kier alpha value is -3.31. The molecule has 0 saturated heterocycles. The number of para-hydroxylation sites is 2. The number of benzene rings is 3. The molecule has 1 aliphatic heterocycles. The predicted octanol–water partition coefficient (Wildman–Crippen LogP) is 4.41. The van der Waals surface area contributed by atoms with Crippen molar-refractivity contribution in [2.45, 2.75) is 26.0 Å². The first-order valence-electron chi connectivity index (χ1n) is 10.1. The molecule has 0 saturated carbocycles. The van der Waals surface area contributed by atoms with Gasteiger partial charge in [-0.3, -0.25) is 10.1 Å². The fraction of sp³-hybridized carbons (Fsp3) is 0.240. The number of hydrogen-bond donors (Lipinski definition) is 2. The molecule has 30 heavy (non-hydrogen) atoms. The van der Waals surface area contributed by atoms with Crippen LogP contribution in [0.15, 0.2) is 72.8 Å². The Morgan fingerprint density at radius 3 is 2.53 bits per heavy atom. The number of nitrogens with one attached hydrogen (secondary N) is 2. The summed E-state index contributed by atoms with van der Waals surface area (Å²) in [5.41, 5.74) is 3.86. The number of ether oxygens (including phenoxy) is 2. The molecule has 3 aromatic carbocycles. The van der Waals surface area contributed by atoms with Gasteiger partial charge in [-0.25, -0.2) is 0 Å². The molecule has 0 unspecified atom stereocenters. The van der Waals surface area contributed by atoms with E-state index in [1.807, 2.05) is 86.6 Å². The zero-order valence-corrected chi connectivity index (χ0v) is 17.2. The number of fused-ring (bicyclic) bond motifs is 1. The van der Waals surface area contributed by atoms with Gasteiger partial charge in [0, 0.05) is 12.2 Å². The van der Waals surface area contributed by atoms with Crippen LogP contribution >= 0.6 is 0 Å². The van der Waals surface area contributed by atoms with E-state index in [-0.39, 0.29) is 12.0 Å². The van der Waals surface area contributed by atoms with Crippen LogP contribution in [-0.2, 0) is 4.79 Å². The molecule has 1 aliphatic rings. The van der Waals surface area contributed by atoms with Crippen molar-refractivity contribution < 1.29 is 14.3 Å². The van der Waals surface area contributed by atoms with Crippen molar-refractivity contribution >= 4 is 11.6 Å². The Labute approximate surface area is 177 Å². The number of aryl methyl sites for hydroxylation is 2. The maximum atomic E-state index is 13.2. The van der Waals surface area contributed by atoms with Gasteiger partial charge in [0.05, 0.1) is 0 Å². The molecule has 0 aliphatic carbocycles. The van der Waals surface area contributed by atoms with Crippen molar-refractivity contribution in [1.29, 1.82) is 0 Å². The number of amides is 1. The zero-order valence-electron chi connectivity index (χ0n) is 17.2. The fourth-order valence-electron chi connectivity index (χ4n) is 3.50. The SMILES string of the molecule is Cc1ccc(C)c(NC(=O)[C@@H](NC[C@H]2COc3ccccc3O2)c2ccccc2)c1. The van der Waals surface area contributed by atoms with Gasteiger partial charge in [0.2, 0.25) is 5.91 Å². The molecular weight excluding hydrogens is 376 g/mol. The lowest BCUT2D eigenvalue weighted by molar-refractivity contribution is -0.118. The maximum absolute atomic E-state index is 13.2. The van der Waals surface area contributed by atoms with Crippen molar-refractivity contribution in [3.05, 3.63) is 89.5 Å². The normalized spacial score (nSPS) is 16.0. The molecule has 0 aromatic heterocycles. The standard InChI is InChI=1S/C25H26N2O3/c1-17-12-13-18(2)21(14-17)27-25(28)24(19-8-4-3-5-9-19)26-15-20-16-29-22-10-6-7-11-23(22)30-20/h3-14,20,24,26H,15-16H2,1-2H3,(H,27,28)/t20-,24-/m0/s1. The number of anilines is 1. The number of rotatable bonds is 6. The summed E-state index contributed by atoms with van der Waals surface area (Å²) in [6, 6.07) is 22.9. The molecule has 3 aromatic rings. The second-order valence-corrected chi connectivity index (χ2v) is 7.56. The summed E-state index contributed by atoms with van der Waals surface area (Å²) in [7, 11) is 0. The summed E-state index contributed by atoms with van der Waals surface area (Å²) in [5, 5.41) is 6.45. The van der Waals surface area contributed by atoms with Crippen LogP contribution in [-0.4, -0.2) is 25.2 Å². The van der Waals surface area contributed by atoms with Crippen molar-refractivity contribution in [2.75, 3.05) is 18.5 Å². The lowest BCUT2D eigenvalue weighted by Gasteiger charge is -2.28. The highest BCUT2D eigenvalue weighted by Gasteiger charge is 2.25. The van der Waals surface area contributed by atoms with Crippen LogP contribution < -0.4 is 20.1 Å². The second kappa shape index (κ2) is 9.01. The van der Waals surface area contributed by atoms with Crippen LogP contribution in [0.25, 0.3) is 0 Å². The van der Waals surface area contributed by atoms with Crippen LogP contribution in [0.1, 0.15) is 22.7 Å². The lowest BCUT2D eigenvalue weighted by Crippen LogP contribution is -2.42. The highest BCUT2D eigenvalue weighted by molar-refractivity contribution is 5.96. The highest BCUT2D eigenvalue weighted by atomic mass is 16.6. The highest BCUT2D eigenvalue weighted by Crippen LogP contribution is 2.31. The van der Waals surface area contributed by atoms with Gasteiger partial charge in [-0.05, 0) is 48.7 Å². The Kier molecular flexibility index (Phi) is 6.00. The van der Waals surface area contributed by atoms with Crippen molar-refractivity contribution in [3.63, 3.8) is 0 Å². The van der Waals surface area contributed by atoms with Crippen molar-refractivity contribution in [2.24, 2.45) is 0 Å². The van der Waals surface area contributed by atoms with Crippen LogP contribution in [0, 0.1) is 13.8 Å². The van der Waals surface area contributed by atoms with Gasteiger partial charge >= 0.3 is 0 Å². The smallest absolute Gasteiger partial charge is 0.246 e. The topological polar surface area (TPSA) is 59.6 Å². The Morgan fingerprint density at radius 2 is 1.73 bits per heavy atom. The molecule has 5 heteroatoms. The molecular formula is C25H26N2O3. The molecule has 0 fully saturated rings. The third kappa shape index (κ3) is 4.63. The van der Waals surface area contributed by atoms with Gasteiger partial charge in [-0.2, -0.15) is 0 Å². The van der Waals surface area contributed by atoms with Gasteiger partial charge in [0.1, 0.15) is 18.8 Å². The average Bonchev–Trinajstić information content (AvgIpc) is 2.77. The summed E-state index contributed by atoms with van der Waals surface area (Å²) in [5.74, 6) is 1.37. The summed E-state index contributed by atoms with van der Waals surface area (Å²) >= 11 is 0. The second-order valence-electron chi connectivity index (χ2n) is 7.56. The first kappa shape index (κ1) is 20.0. The van der Waals surface area contributed by atoms with Gasteiger partial charge in [-0.15, -0.1) is 0 Å². The Bertz CT molecular complexity index is 1020. The molecule has 2 atom stereocenters. The minimum atomic E-state index is -0.508. The van der Waals surface area contributed by atoms with E-state index in [4.69, 9.17) is 9.47 Å². The average molecular weight is 402 g/mol. The van der Waals surface area contributed by atoms with Gasteiger partial charge in [-0.1, -0.05) is 54.6 Å². The monoisotopic (exact) mass is 402 g/mol. The number of carbonyl (C=O) groups excluding carboxylic acids is 1. The van der Waals surface area contributed by atoms with Gasteiger partial charge < -0.3 is 14.8 Å². The van der Waals surface area contributed by atoms with Crippen LogP contribution in [0.3, 0.4) is 0 Å². The Morgan fingerprint density at radius 1 is 1.00 bits per heavy atom. The zero-order chi connectivity index (χ0) is 20.9. The van der Waals surface area contributed by atoms with Crippen molar-refractivity contribution in [3.8, 4) is 11.5 Å². The molecule has 1 amide bonds. The van der Waals surface area contributed by atoms with E-state index in [9.17, 15) is 4.79 Å². The Balaban J connectivity index is 1.48. The molecule has 0 spiro atoms. The van der Waals surface area contributed by atoms with E-state index < -0.39 is 6.04 Å².